The molecule has 0 saturated heterocycles. The second kappa shape index (κ2) is 2.95. The summed E-state index contributed by atoms with van der Waals surface area (Å²) in [6.07, 6.45) is 1.29. The van der Waals surface area contributed by atoms with Gasteiger partial charge in [0, 0.05) is 17.4 Å². The maximum absolute atomic E-state index is 5.81. The average Bonchev–Trinajstić information content (AvgIpc) is 2.77. The molecule has 0 aliphatic heterocycles. The number of benzene rings is 1. The maximum atomic E-state index is 5.81. The maximum Gasteiger partial charge on any atom is 0.0392 e. The number of nitrogens with two attached hydrogens (primary N) is 1. The zero-order chi connectivity index (χ0) is 9.42. The third-order valence-corrected chi connectivity index (χ3v) is 2.83. The molecule has 1 saturated carbocycles. The lowest BCUT2D eigenvalue weighted by Crippen LogP contribution is -2.05. The summed E-state index contributed by atoms with van der Waals surface area (Å²) in [6.45, 7) is 4.32. The van der Waals surface area contributed by atoms with Crippen molar-refractivity contribution in [1.29, 1.82) is 0 Å². The summed E-state index contributed by atoms with van der Waals surface area (Å²) in [7, 11) is 0. The lowest BCUT2D eigenvalue weighted by molar-refractivity contribution is 0.928. The summed E-state index contributed by atoms with van der Waals surface area (Å²) < 4.78 is 0. The third kappa shape index (κ3) is 1.62. The van der Waals surface area contributed by atoms with Gasteiger partial charge >= 0.3 is 0 Å². The van der Waals surface area contributed by atoms with Crippen molar-refractivity contribution in [3.63, 3.8) is 0 Å². The average molecular weight is 176 g/mol. The van der Waals surface area contributed by atoms with Gasteiger partial charge in [0.25, 0.3) is 0 Å². The fraction of sp³-hybridized carbons (Fsp3) is 0.455. The van der Waals surface area contributed by atoms with E-state index in [1.807, 2.05) is 12.1 Å². The van der Waals surface area contributed by atoms with E-state index in [0.29, 0.717) is 6.04 Å². The van der Waals surface area contributed by atoms with Gasteiger partial charge in [-0.1, -0.05) is 13.0 Å². The highest BCUT2D eigenvalue weighted by molar-refractivity contribution is 5.63. The zero-order valence-electron chi connectivity index (χ0n) is 8.17. The van der Waals surface area contributed by atoms with Crippen LogP contribution in [0.25, 0.3) is 0 Å². The van der Waals surface area contributed by atoms with Crippen LogP contribution < -0.4 is 11.1 Å². The molecule has 1 aliphatic rings. The molecule has 0 spiro atoms. The summed E-state index contributed by atoms with van der Waals surface area (Å²) in [5.41, 5.74) is 9.04. The van der Waals surface area contributed by atoms with E-state index in [2.05, 4.69) is 25.2 Å². The number of nitrogen functional groups attached to an aromatic ring is 1. The van der Waals surface area contributed by atoms with Gasteiger partial charge in [-0.2, -0.15) is 0 Å². The highest BCUT2D eigenvalue weighted by Crippen LogP contribution is 2.34. The smallest absolute Gasteiger partial charge is 0.0392 e. The highest BCUT2D eigenvalue weighted by atomic mass is 15.0. The first kappa shape index (κ1) is 8.42. The van der Waals surface area contributed by atoms with Crippen molar-refractivity contribution < 1.29 is 0 Å². The molecule has 1 aromatic rings. The van der Waals surface area contributed by atoms with Crippen LogP contribution >= 0.6 is 0 Å². The molecule has 1 aromatic carbocycles. The lowest BCUT2D eigenvalue weighted by atomic mass is 10.1. The van der Waals surface area contributed by atoms with E-state index in [0.717, 1.165) is 11.6 Å². The van der Waals surface area contributed by atoms with E-state index >= 15 is 0 Å². The first-order chi connectivity index (χ1) is 6.18. The number of anilines is 2. The van der Waals surface area contributed by atoms with Crippen LogP contribution in [0.4, 0.5) is 11.4 Å². The monoisotopic (exact) mass is 176 g/mol. The molecule has 1 aliphatic carbocycles. The second-order valence-electron chi connectivity index (χ2n) is 3.98. The van der Waals surface area contributed by atoms with Crippen molar-refractivity contribution in [2.24, 2.45) is 5.92 Å². The normalized spacial score (nSPS) is 25.7. The SMILES string of the molecule is Cc1c(N)cccc1NC1CC1C. The lowest BCUT2D eigenvalue weighted by Gasteiger charge is -2.10. The van der Waals surface area contributed by atoms with Gasteiger partial charge < -0.3 is 11.1 Å². The van der Waals surface area contributed by atoms with E-state index in [4.69, 9.17) is 5.73 Å². The van der Waals surface area contributed by atoms with Crippen LogP contribution in [-0.2, 0) is 0 Å². The third-order valence-electron chi connectivity index (χ3n) is 2.83. The van der Waals surface area contributed by atoms with Gasteiger partial charge in [0.2, 0.25) is 0 Å². The summed E-state index contributed by atoms with van der Waals surface area (Å²) in [6, 6.07) is 6.70. The Labute approximate surface area is 79.1 Å². The summed E-state index contributed by atoms with van der Waals surface area (Å²) in [4.78, 5) is 0. The predicted molar refractivity (Wildman–Crippen MR) is 56.8 cm³/mol. The zero-order valence-corrected chi connectivity index (χ0v) is 8.17. The Kier molecular flexibility index (Phi) is 1.91. The Hall–Kier alpha value is -1.18. The molecule has 0 radical (unpaired) electrons. The van der Waals surface area contributed by atoms with Crippen LogP contribution in [-0.4, -0.2) is 6.04 Å². The van der Waals surface area contributed by atoms with Gasteiger partial charge in [0.15, 0.2) is 0 Å². The Morgan fingerprint density at radius 1 is 1.46 bits per heavy atom. The Balaban J connectivity index is 2.15. The minimum atomic E-state index is 0.667. The molecule has 0 heterocycles. The quantitative estimate of drug-likeness (QED) is 0.679. The molecule has 2 unspecified atom stereocenters. The van der Waals surface area contributed by atoms with E-state index < -0.39 is 0 Å². The number of hydrogen-bond acceptors (Lipinski definition) is 2. The largest absolute Gasteiger partial charge is 0.398 e. The first-order valence-electron chi connectivity index (χ1n) is 4.80. The molecule has 0 bridgehead atoms. The second-order valence-corrected chi connectivity index (χ2v) is 3.98. The van der Waals surface area contributed by atoms with Gasteiger partial charge in [0.05, 0.1) is 0 Å². The summed E-state index contributed by atoms with van der Waals surface area (Å²) >= 11 is 0. The molecular weight excluding hydrogens is 160 g/mol. The molecule has 13 heavy (non-hydrogen) atoms. The van der Waals surface area contributed by atoms with Crippen LogP contribution in [0.2, 0.25) is 0 Å². The minimum Gasteiger partial charge on any atom is -0.398 e. The Morgan fingerprint density at radius 2 is 2.15 bits per heavy atom. The molecule has 70 valence electrons. The van der Waals surface area contributed by atoms with Gasteiger partial charge in [-0.3, -0.25) is 0 Å². The van der Waals surface area contributed by atoms with E-state index in [-0.39, 0.29) is 0 Å². The van der Waals surface area contributed by atoms with Crippen LogP contribution in [0.15, 0.2) is 18.2 Å². The molecule has 0 aromatic heterocycles. The predicted octanol–water partition coefficient (Wildman–Crippen LogP) is 2.40. The first-order valence-corrected chi connectivity index (χ1v) is 4.80. The molecule has 2 atom stereocenters. The minimum absolute atomic E-state index is 0.667. The van der Waals surface area contributed by atoms with Gasteiger partial charge in [0.1, 0.15) is 0 Å². The van der Waals surface area contributed by atoms with Crippen LogP contribution in [0.3, 0.4) is 0 Å². The molecule has 2 rings (SSSR count). The van der Waals surface area contributed by atoms with Crippen LogP contribution in [0.5, 0.6) is 0 Å². The summed E-state index contributed by atoms with van der Waals surface area (Å²) in [5.74, 6) is 0.820. The van der Waals surface area contributed by atoms with Crippen LogP contribution in [0, 0.1) is 12.8 Å². The van der Waals surface area contributed by atoms with Gasteiger partial charge in [-0.25, -0.2) is 0 Å². The van der Waals surface area contributed by atoms with Gasteiger partial charge in [-0.05, 0) is 37.0 Å². The molecular formula is C11H16N2. The van der Waals surface area contributed by atoms with Gasteiger partial charge in [-0.15, -0.1) is 0 Å². The standard InChI is InChI=1S/C11H16N2/c1-7-6-11(7)13-10-5-3-4-9(12)8(10)2/h3-5,7,11,13H,6,12H2,1-2H3. The van der Waals surface area contributed by atoms with Crippen molar-refractivity contribution >= 4 is 11.4 Å². The van der Waals surface area contributed by atoms with E-state index in [9.17, 15) is 0 Å². The Bertz CT molecular complexity index is 320. The number of rotatable bonds is 2. The van der Waals surface area contributed by atoms with Crippen molar-refractivity contribution in [2.75, 3.05) is 11.1 Å². The molecule has 1 fully saturated rings. The fourth-order valence-electron chi connectivity index (χ4n) is 1.53. The summed E-state index contributed by atoms with van der Waals surface area (Å²) in [5, 5.41) is 3.49. The van der Waals surface area contributed by atoms with Crippen molar-refractivity contribution in [3.8, 4) is 0 Å². The highest BCUT2D eigenvalue weighted by Gasteiger charge is 2.32. The fourth-order valence-corrected chi connectivity index (χ4v) is 1.53. The van der Waals surface area contributed by atoms with Crippen molar-refractivity contribution in [1.82, 2.24) is 0 Å². The van der Waals surface area contributed by atoms with Crippen molar-refractivity contribution in [2.45, 2.75) is 26.3 Å². The van der Waals surface area contributed by atoms with Crippen LogP contribution in [0.1, 0.15) is 18.9 Å². The van der Waals surface area contributed by atoms with Crippen molar-refractivity contribution in [3.05, 3.63) is 23.8 Å². The molecule has 3 N–H and O–H groups in total. The number of hydrogen-bond donors (Lipinski definition) is 2. The van der Waals surface area contributed by atoms with E-state index in [1.165, 1.54) is 17.7 Å². The Morgan fingerprint density at radius 3 is 2.77 bits per heavy atom. The van der Waals surface area contributed by atoms with E-state index in [1.54, 1.807) is 0 Å². The molecule has 0 amide bonds. The molecule has 2 nitrogen and oxygen atoms in total. The topological polar surface area (TPSA) is 38.0 Å². The number of nitrogens with one attached hydrogen (secondary N) is 1. The molecule has 2 heteroatoms.